The van der Waals surface area contributed by atoms with Crippen LogP contribution in [0.2, 0.25) is 0 Å². The molecule has 2 aromatic rings. The molecule has 6 nitrogen and oxygen atoms in total. The molecule has 0 spiro atoms. The molecule has 2 rings (SSSR count). The van der Waals surface area contributed by atoms with Crippen molar-refractivity contribution in [2.45, 2.75) is 19.9 Å². The average molecular weight is 250 g/mol. The third-order valence-electron chi connectivity index (χ3n) is 2.48. The largest absolute Gasteiger partial charge is 0.314 e. The predicted octanol–water partition coefficient (Wildman–Crippen LogP) is 2.40. The first-order valence-corrected chi connectivity index (χ1v) is 5.45. The maximum absolute atomic E-state index is 13.8. The first-order valence-electron chi connectivity index (χ1n) is 5.45. The van der Waals surface area contributed by atoms with Crippen LogP contribution in [0.4, 0.5) is 10.1 Å². The Hall–Kier alpha value is -2.31. The fourth-order valence-corrected chi connectivity index (χ4v) is 1.67. The van der Waals surface area contributed by atoms with Crippen molar-refractivity contribution in [3.63, 3.8) is 0 Å². The van der Waals surface area contributed by atoms with Crippen LogP contribution in [0.25, 0.3) is 11.4 Å². The summed E-state index contributed by atoms with van der Waals surface area (Å²) in [5, 5.41) is 18.1. The van der Waals surface area contributed by atoms with Gasteiger partial charge in [0, 0.05) is 12.6 Å². The monoisotopic (exact) mass is 250 g/mol. The lowest BCUT2D eigenvalue weighted by Gasteiger charge is -2.05. The molecule has 0 aliphatic rings. The highest BCUT2D eigenvalue weighted by atomic mass is 19.1. The Morgan fingerprint density at radius 1 is 1.50 bits per heavy atom. The second kappa shape index (κ2) is 4.91. The summed E-state index contributed by atoms with van der Waals surface area (Å²) in [7, 11) is 0. The normalized spacial score (nSPS) is 10.6. The highest BCUT2D eigenvalue weighted by molar-refractivity contribution is 5.58. The van der Waals surface area contributed by atoms with Gasteiger partial charge in [-0.3, -0.25) is 10.1 Å². The van der Waals surface area contributed by atoms with Crippen molar-refractivity contribution < 1.29 is 9.31 Å². The number of hydrogen-bond donors (Lipinski definition) is 0. The summed E-state index contributed by atoms with van der Waals surface area (Å²) in [5.74, 6) is -0.293. The van der Waals surface area contributed by atoms with E-state index in [0.29, 0.717) is 12.4 Å². The number of aryl methyl sites for hydroxylation is 1. The van der Waals surface area contributed by atoms with E-state index in [1.165, 1.54) is 18.5 Å². The van der Waals surface area contributed by atoms with E-state index in [4.69, 9.17) is 0 Å². The molecule has 1 aromatic heterocycles. The van der Waals surface area contributed by atoms with Crippen molar-refractivity contribution in [3.8, 4) is 11.4 Å². The van der Waals surface area contributed by atoms with Crippen LogP contribution in [0.1, 0.15) is 13.3 Å². The Morgan fingerprint density at radius 2 is 2.28 bits per heavy atom. The highest BCUT2D eigenvalue weighted by Gasteiger charge is 2.15. The lowest BCUT2D eigenvalue weighted by Crippen LogP contribution is -2.00. The molecule has 0 atom stereocenters. The number of nitro groups is 1. The van der Waals surface area contributed by atoms with Crippen LogP contribution in [-0.4, -0.2) is 19.7 Å². The Morgan fingerprint density at radius 3 is 2.89 bits per heavy atom. The smallest absolute Gasteiger partial charge is 0.272 e. The molecule has 0 amide bonds. The van der Waals surface area contributed by atoms with Gasteiger partial charge in [0.05, 0.1) is 16.6 Å². The van der Waals surface area contributed by atoms with E-state index in [1.807, 2.05) is 6.92 Å². The summed E-state index contributed by atoms with van der Waals surface area (Å²) in [6.45, 7) is 2.65. The van der Waals surface area contributed by atoms with Gasteiger partial charge in [0.15, 0.2) is 5.82 Å². The van der Waals surface area contributed by atoms with E-state index >= 15 is 0 Å². The fraction of sp³-hybridized carbons (Fsp3) is 0.273. The highest BCUT2D eigenvalue weighted by Crippen LogP contribution is 2.24. The Bertz CT molecular complexity index is 582. The lowest BCUT2D eigenvalue weighted by atomic mass is 10.2. The van der Waals surface area contributed by atoms with Gasteiger partial charge in [0.2, 0.25) is 0 Å². The summed E-state index contributed by atoms with van der Waals surface area (Å²) in [6, 6.07) is 3.49. The number of non-ortho nitro benzene ring substituents is 1. The number of nitro benzene ring substituents is 1. The van der Waals surface area contributed by atoms with Gasteiger partial charge in [-0.1, -0.05) is 6.92 Å². The fourth-order valence-electron chi connectivity index (χ4n) is 1.67. The maximum Gasteiger partial charge on any atom is 0.272 e. The third kappa shape index (κ3) is 2.20. The van der Waals surface area contributed by atoms with Crippen LogP contribution in [0.3, 0.4) is 0 Å². The Kier molecular flexibility index (Phi) is 3.31. The SMILES string of the molecule is CCCn1cnnc1-c1ccc([N+](=O)[O-])cc1F. The Labute approximate surface area is 102 Å². The van der Waals surface area contributed by atoms with Gasteiger partial charge in [0.25, 0.3) is 5.69 Å². The van der Waals surface area contributed by atoms with Crippen molar-refractivity contribution in [3.05, 3.63) is 40.5 Å². The zero-order chi connectivity index (χ0) is 13.1. The molecule has 7 heteroatoms. The van der Waals surface area contributed by atoms with Gasteiger partial charge in [-0.05, 0) is 12.5 Å². The van der Waals surface area contributed by atoms with Gasteiger partial charge in [0.1, 0.15) is 12.1 Å². The van der Waals surface area contributed by atoms with Crippen molar-refractivity contribution in [2.24, 2.45) is 0 Å². The van der Waals surface area contributed by atoms with Gasteiger partial charge in [-0.25, -0.2) is 4.39 Å². The van der Waals surface area contributed by atoms with Crippen molar-refractivity contribution >= 4 is 5.69 Å². The second-order valence-corrected chi connectivity index (χ2v) is 3.77. The summed E-state index contributed by atoms with van der Waals surface area (Å²) in [6.07, 6.45) is 2.37. The molecule has 0 fully saturated rings. The lowest BCUT2D eigenvalue weighted by molar-refractivity contribution is -0.385. The zero-order valence-corrected chi connectivity index (χ0v) is 9.71. The van der Waals surface area contributed by atoms with E-state index in [9.17, 15) is 14.5 Å². The molecule has 0 saturated heterocycles. The number of rotatable bonds is 4. The van der Waals surface area contributed by atoms with Crippen LogP contribution < -0.4 is 0 Å². The molecule has 0 radical (unpaired) electrons. The number of hydrogen-bond acceptors (Lipinski definition) is 4. The molecule has 0 aliphatic heterocycles. The quantitative estimate of drug-likeness (QED) is 0.616. The first-order chi connectivity index (χ1) is 8.63. The van der Waals surface area contributed by atoms with Gasteiger partial charge in [-0.15, -0.1) is 10.2 Å². The van der Waals surface area contributed by atoms with E-state index in [-0.39, 0.29) is 11.3 Å². The number of benzene rings is 1. The minimum Gasteiger partial charge on any atom is -0.314 e. The molecule has 0 aliphatic carbocycles. The molecule has 0 unspecified atom stereocenters. The first kappa shape index (κ1) is 12.2. The van der Waals surface area contributed by atoms with Crippen molar-refractivity contribution in [2.75, 3.05) is 0 Å². The third-order valence-corrected chi connectivity index (χ3v) is 2.48. The zero-order valence-electron chi connectivity index (χ0n) is 9.71. The summed E-state index contributed by atoms with van der Waals surface area (Å²) in [4.78, 5) is 9.89. The molecule has 1 aromatic carbocycles. The summed E-state index contributed by atoms with van der Waals surface area (Å²) >= 11 is 0. The number of aromatic nitrogens is 3. The molecule has 94 valence electrons. The second-order valence-electron chi connectivity index (χ2n) is 3.77. The van der Waals surface area contributed by atoms with E-state index < -0.39 is 10.7 Å². The van der Waals surface area contributed by atoms with Crippen molar-refractivity contribution in [1.29, 1.82) is 0 Å². The molecular weight excluding hydrogens is 239 g/mol. The minimum atomic E-state index is -0.672. The Balaban J connectivity index is 2.44. The van der Waals surface area contributed by atoms with E-state index in [0.717, 1.165) is 12.5 Å². The minimum absolute atomic E-state index is 0.214. The number of halogens is 1. The molecule has 0 saturated carbocycles. The number of nitrogens with zero attached hydrogens (tertiary/aromatic N) is 4. The summed E-state index contributed by atoms with van der Waals surface area (Å²) < 4.78 is 15.5. The molecule has 0 bridgehead atoms. The van der Waals surface area contributed by atoms with Crippen LogP contribution in [0.15, 0.2) is 24.5 Å². The topological polar surface area (TPSA) is 73.8 Å². The molecule has 1 heterocycles. The molecular formula is C11H11FN4O2. The standard InChI is InChI=1S/C11H11FN4O2/c1-2-5-15-7-13-14-11(15)9-4-3-8(16(17)18)6-10(9)12/h3-4,6-7H,2,5H2,1H3. The van der Waals surface area contributed by atoms with Gasteiger partial charge >= 0.3 is 0 Å². The average Bonchev–Trinajstić information content (AvgIpc) is 2.77. The van der Waals surface area contributed by atoms with Crippen LogP contribution in [0.5, 0.6) is 0 Å². The van der Waals surface area contributed by atoms with Gasteiger partial charge < -0.3 is 4.57 Å². The van der Waals surface area contributed by atoms with Crippen LogP contribution in [-0.2, 0) is 6.54 Å². The predicted molar refractivity (Wildman–Crippen MR) is 62.4 cm³/mol. The van der Waals surface area contributed by atoms with E-state index in [1.54, 1.807) is 4.57 Å². The van der Waals surface area contributed by atoms with Gasteiger partial charge in [-0.2, -0.15) is 0 Å². The molecule has 0 N–H and O–H groups in total. The van der Waals surface area contributed by atoms with Crippen LogP contribution in [0, 0.1) is 15.9 Å². The molecule has 18 heavy (non-hydrogen) atoms. The summed E-state index contributed by atoms with van der Waals surface area (Å²) in [5.41, 5.74) is -0.0654. The maximum atomic E-state index is 13.8. The van der Waals surface area contributed by atoms with Crippen molar-refractivity contribution in [1.82, 2.24) is 14.8 Å². The van der Waals surface area contributed by atoms with E-state index in [2.05, 4.69) is 10.2 Å². The van der Waals surface area contributed by atoms with Crippen LogP contribution >= 0.6 is 0 Å².